The van der Waals surface area contributed by atoms with E-state index in [2.05, 4.69) is 0 Å². The molecule has 0 spiro atoms. The van der Waals surface area contributed by atoms with Gasteiger partial charge in [-0.25, -0.2) is 4.39 Å². The van der Waals surface area contributed by atoms with Gasteiger partial charge in [-0.3, -0.25) is 0 Å². The average molecular weight is 282 g/mol. The Morgan fingerprint density at radius 1 is 1.16 bits per heavy atom. The molecule has 0 saturated carbocycles. The molecule has 1 aliphatic heterocycles. The van der Waals surface area contributed by atoms with E-state index in [9.17, 15) is 4.39 Å². The van der Waals surface area contributed by atoms with Crippen LogP contribution in [0.3, 0.4) is 0 Å². The molecule has 1 heterocycles. The normalized spacial score (nSPS) is 20.8. The average Bonchev–Trinajstić information content (AvgIpc) is 2.51. The Hall–Kier alpha value is -0.515. The minimum absolute atomic E-state index is 0.255. The highest BCUT2D eigenvalue weighted by atomic mass is 32.2. The summed E-state index contributed by atoms with van der Waals surface area (Å²) in [6.45, 7) is 8.00. The van der Waals surface area contributed by atoms with Crippen LogP contribution < -0.4 is 5.46 Å². The highest BCUT2D eigenvalue weighted by Gasteiger charge is 2.52. The second-order valence-corrected chi connectivity index (χ2v) is 6.73. The molecule has 1 saturated heterocycles. The van der Waals surface area contributed by atoms with Crippen LogP contribution in [0.4, 0.5) is 4.39 Å². The molecule has 0 unspecified atom stereocenters. The van der Waals surface area contributed by atoms with Crippen molar-refractivity contribution in [2.75, 3.05) is 6.26 Å². The molecule has 0 aromatic heterocycles. The Bertz CT molecular complexity index is 461. The summed E-state index contributed by atoms with van der Waals surface area (Å²) in [6, 6.07) is 4.82. The lowest BCUT2D eigenvalue weighted by molar-refractivity contribution is 0.00578. The van der Waals surface area contributed by atoms with Gasteiger partial charge in [0, 0.05) is 5.75 Å². The van der Waals surface area contributed by atoms with Gasteiger partial charge in [0.2, 0.25) is 0 Å². The van der Waals surface area contributed by atoms with Gasteiger partial charge in [-0.15, -0.1) is 0 Å². The molecule has 104 valence electrons. The second-order valence-electron chi connectivity index (χ2n) is 5.86. The lowest BCUT2D eigenvalue weighted by Crippen LogP contribution is -2.41. The summed E-state index contributed by atoms with van der Waals surface area (Å²) in [6.07, 6.45) is 2.03. The van der Waals surface area contributed by atoms with Crippen molar-refractivity contribution >= 4 is 24.3 Å². The van der Waals surface area contributed by atoms with Gasteiger partial charge in [-0.2, -0.15) is 11.8 Å². The van der Waals surface area contributed by atoms with Gasteiger partial charge in [0.15, 0.2) is 0 Å². The molecule has 1 aromatic carbocycles. The molecule has 2 nitrogen and oxygen atoms in total. The molecular weight excluding hydrogens is 262 g/mol. The fourth-order valence-corrected chi connectivity index (χ4v) is 2.62. The number of hydrogen-bond acceptors (Lipinski definition) is 3. The molecule has 2 rings (SSSR count). The summed E-state index contributed by atoms with van der Waals surface area (Å²) < 4.78 is 25.5. The summed E-state index contributed by atoms with van der Waals surface area (Å²) in [5.41, 5.74) is 1.06. The van der Waals surface area contributed by atoms with Crippen LogP contribution in [0.1, 0.15) is 33.3 Å². The van der Waals surface area contributed by atoms with Crippen molar-refractivity contribution in [1.82, 2.24) is 0 Å². The molecule has 1 fully saturated rings. The van der Waals surface area contributed by atoms with Gasteiger partial charge in [0.1, 0.15) is 5.82 Å². The Kier molecular flexibility index (Phi) is 4.01. The first kappa shape index (κ1) is 14.9. The molecule has 0 N–H and O–H groups in total. The van der Waals surface area contributed by atoms with Crippen molar-refractivity contribution in [2.24, 2.45) is 0 Å². The van der Waals surface area contributed by atoms with Crippen LogP contribution in [-0.2, 0) is 15.1 Å². The number of rotatable bonds is 3. The van der Waals surface area contributed by atoms with E-state index in [1.165, 1.54) is 12.1 Å². The molecule has 0 atom stereocenters. The van der Waals surface area contributed by atoms with Crippen molar-refractivity contribution in [3.05, 3.63) is 29.6 Å². The first-order chi connectivity index (χ1) is 8.77. The SMILES string of the molecule is CSCc1ccc(F)cc1B1OC(C)(C)C(C)(C)O1. The van der Waals surface area contributed by atoms with Gasteiger partial charge in [0.25, 0.3) is 0 Å². The monoisotopic (exact) mass is 282 g/mol. The Balaban J connectivity index is 2.35. The van der Waals surface area contributed by atoms with Crippen LogP contribution in [-0.4, -0.2) is 24.6 Å². The van der Waals surface area contributed by atoms with Crippen LogP contribution in [0.25, 0.3) is 0 Å². The third kappa shape index (κ3) is 2.83. The highest BCUT2D eigenvalue weighted by Crippen LogP contribution is 2.36. The van der Waals surface area contributed by atoms with E-state index in [-0.39, 0.29) is 5.82 Å². The van der Waals surface area contributed by atoms with E-state index < -0.39 is 18.3 Å². The summed E-state index contributed by atoms with van der Waals surface area (Å²) in [7, 11) is -0.497. The largest absolute Gasteiger partial charge is 0.495 e. The lowest BCUT2D eigenvalue weighted by Gasteiger charge is -2.32. The van der Waals surface area contributed by atoms with Gasteiger partial charge in [-0.1, -0.05) is 6.07 Å². The summed E-state index contributed by atoms with van der Waals surface area (Å²) in [5, 5.41) is 0. The molecule has 5 heteroatoms. The quantitative estimate of drug-likeness (QED) is 0.794. The van der Waals surface area contributed by atoms with E-state index >= 15 is 0 Å². The maximum absolute atomic E-state index is 13.5. The van der Waals surface area contributed by atoms with Gasteiger partial charge in [-0.05, 0) is 57.1 Å². The maximum Gasteiger partial charge on any atom is 0.495 e. The van der Waals surface area contributed by atoms with E-state index in [1.807, 2.05) is 40.0 Å². The highest BCUT2D eigenvalue weighted by molar-refractivity contribution is 7.97. The van der Waals surface area contributed by atoms with Crippen LogP contribution in [0, 0.1) is 5.82 Å². The van der Waals surface area contributed by atoms with Crippen LogP contribution in [0.2, 0.25) is 0 Å². The summed E-state index contributed by atoms with van der Waals surface area (Å²) in [5.74, 6) is 0.564. The topological polar surface area (TPSA) is 18.5 Å². The first-order valence-electron chi connectivity index (χ1n) is 6.40. The van der Waals surface area contributed by atoms with Crippen molar-refractivity contribution < 1.29 is 13.7 Å². The molecule has 0 aliphatic carbocycles. The molecule has 0 radical (unpaired) electrons. The predicted molar refractivity (Wildman–Crippen MR) is 79.3 cm³/mol. The summed E-state index contributed by atoms with van der Waals surface area (Å²) >= 11 is 1.70. The number of thioether (sulfide) groups is 1. The first-order valence-corrected chi connectivity index (χ1v) is 7.79. The smallest absolute Gasteiger partial charge is 0.399 e. The van der Waals surface area contributed by atoms with Gasteiger partial charge in [0.05, 0.1) is 11.2 Å². The minimum atomic E-state index is -0.497. The molecular formula is C14H20BFO2S. The number of hydrogen-bond donors (Lipinski definition) is 0. The molecule has 1 aliphatic rings. The molecule has 0 amide bonds. The number of benzene rings is 1. The van der Waals surface area contributed by atoms with Crippen molar-refractivity contribution in [3.8, 4) is 0 Å². The lowest BCUT2D eigenvalue weighted by atomic mass is 9.76. The molecule has 1 aromatic rings. The number of halogens is 1. The van der Waals surface area contributed by atoms with E-state index in [0.29, 0.717) is 0 Å². The zero-order valence-corrected chi connectivity index (χ0v) is 12.9. The fraction of sp³-hybridized carbons (Fsp3) is 0.571. The van der Waals surface area contributed by atoms with Gasteiger partial charge >= 0.3 is 7.12 Å². The van der Waals surface area contributed by atoms with Crippen molar-refractivity contribution in [1.29, 1.82) is 0 Å². The minimum Gasteiger partial charge on any atom is -0.399 e. The van der Waals surface area contributed by atoms with E-state index in [1.54, 1.807) is 11.8 Å². The van der Waals surface area contributed by atoms with Crippen LogP contribution >= 0.6 is 11.8 Å². The van der Waals surface area contributed by atoms with Crippen LogP contribution in [0.5, 0.6) is 0 Å². The summed E-state index contributed by atoms with van der Waals surface area (Å²) in [4.78, 5) is 0. The molecule has 19 heavy (non-hydrogen) atoms. The Morgan fingerprint density at radius 3 is 2.26 bits per heavy atom. The van der Waals surface area contributed by atoms with Gasteiger partial charge < -0.3 is 9.31 Å². The van der Waals surface area contributed by atoms with Crippen molar-refractivity contribution in [2.45, 2.75) is 44.6 Å². The zero-order valence-electron chi connectivity index (χ0n) is 12.1. The Labute approximate surface area is 119 Å². The van der Waals surface area contributed by atoms with E-state index in [4.69, 9.17) is 9.31 Å². The fourth-order valence-electron chi connectivity index (χ4n) is 2.04. The molecule has 0 bridgehead atoms. The maximum atomic E-state index is 13.5. The Morgan fingerprint density at radius 2 is 1.74 bits per heavy atom. The third-order valence-electron chi connectivity index (χ3n) is 3.91. The predicted octanol–water partition coefficient (Wildman–Crippen LogP) is 2.99. The van der Waals surface area contributed by atoms with Crippen LogP contribution in [0.15, 0.2) is 18.2 Å². The van der Waals surface area contributed by atoms with E-state index in [0.717, 1.165) is 16.8 Å². The van der Waals surface area contributed by atoms with Crippen molar-refractivity contribution in [3.63, 3.8) is 0 Å². The standard InChI is InChI=1S/C14H20BFO2S/c1-13(2)14(3,4)18-15(17-13)12-8-11(16)7-6-10(12)9-19-5/h6-8H,9H2,1-5H3. The third-order valence-corrected chi connectivity index (χ3v) is 4.51. The second kappa shape index (κ2) is 5.11. The zero-order chi connectivity index (χ0) is 14.3.